The Balaban J connectivity index is 2.44. The molecule has 0 amide bonds. The van der Waals surface area contributed by atoms with E-state index in [-0.39, 0.29) is 5.92 Å². The van der Waals surface area contributed by atoms with Gasteiger partial charge in [-0.25, -0.2) is 4.79 Å². The fourth-order valence-corrected chi connectivity index (χ4v) is 2.87. The lowest BCUT2D eigenvalue weighted by atomic mass is 10.0. The van der Waals surface area contributed by atoms with Crippen molar-refractivity contribution in [2.24, 2.45) is 0 Å². The van der Waals surface area contributed by atoms with E-state index in [9.17, 15) is 4.79 Å². The van der Waals surface area contributed by atoms with Gasteiger partial charge in [0, 0.05) is 0 Å². The van der Waals surface area contributed by atoms with Crippen molar-refractivity contribution < 1.29 is 23.7 Å². The van der Waals surface area contributed by atoms with Gasteiger partial charge in [-0.2, -0.15) is 0 Å². The van der Waals surface area contributed by atoms with Gasteiger partial charge in [-0.1, -0.05) is 26.0 Å². The maximum Gasteiger partial charge on any atom is 0.343 e. The summed E-state index contributed by atoms with van der Waals surface area (Å²) in [5.74, 6) is 1.79. The second kappa shape index (κ2) is 10.0. The van der Waals surface area contributed by atoms with Crippen molar-refractivity contribution in [3.8, 4) is 23.0 Å². The molecular weight excluding hydrogens is 356 g/mol. The van der Waals surface area contributed by atoms with E-state index in [0.29, 0.717) is 48.4 Å². The Morgan fingerprint density at radius 1 is 0.857 bits per heavy atom. The fraction of sp³-hybridized carbons (Fsp3) is 0.435. The molecule has 0 radical (unpaired) electrons. The minimum Gasteiger partial charge on any atom is -0.490 e. The highest BCUT2D eigenvalue weighted by Gasteiger charge is 2.20. The van der Waals surface area contributed by atoms with Crippen LogP contribution in [0.25, 0.3) is 0 Å². The van der Waals surface area contributed by atoms with Crippen molar-refractivity contribution in [3.63, 3.8) is 0 Å². The van der Waals surface area contributed by atoms with E-state index in [4.69, 9.17) is 18.9 Å². The Kier molecular flexibility index (Phi) is 7.73. The summed E-state index contributed by atoms with van der Waals surface area (Å²) in [4.78, 5) is 12.9. The number of hydrogen-bond acceptors (Lipinski definition) is 5. The molecule has 0 aliphatic heterocycles. The molecule has 152 valence electrons. The van der Waals surface area contributed by atoms with Crippen molar-refractivity contribution in [1.29, 1.82) is 0 Å². The molecular formula is C23H30O5. The third kappa shape index (κ3) is 5.18. The second-order valence-corrected chi connectivity index (χ2v) is 6.69. The number of benzene rings is 2. The van der Waals surface area contributed by atoms with Crippen LogP contribution in [0.3, 0.4) is 0 Å². The summed E-state index contributed by atoms with van der Waals surface area (Å²) in [6.45, 7) is 13.1. The Hall–Kier alpha value is -2.69. The largest absolute Gasteiger partial charge is 0.490 e. The van der Waals surface area contributed by atoms with Gasteiger partial charge >= 0.3 is 5.97 Å². The predicted molar refractivity (Wildman–Crippen MR) is 110 cm³/mol. The maximum absolute atomic E-state index is 12.9. The average molecular weight is 386 g/mol. The average Bonchev–Trinajstić information content (AvgIpc) is 2.64. The zero-order valence-electron chi connectivity index (χ0n) is 17.6. The molecule has 0 fully saturated rings. The normalized spacial score (nSPS) is 10.7. The van der Waals surface area contributed by atoms with Crippen LogP contribution < -0.4 is 18.9 Å². The first kappa shape index (κ1) is 21.6. The number of hydrogen-bond donors (Lipinski definition) is 0. The molecule has 2 rings (SSSR count). The van der Waals surface area contributed by atoms with Crippen molar-refractivity contribution in [2.45, 2.75) is 47.5 Å². The third-order valence-corrected chi connectivity index (χ3v) is 4.14. The molecule has 0 atom stereocenters. The van der Waals surface area contributed by atoms with Gasteiger partial charge in [-0.05, 0) is 62.9 Å². The number of esters is 1. The van der Waals surface area contributed by atoms with Crippen LogP contribution in [-0.4, -0.2) is 25.8 Å². The summed E-state index contributed by atoms with van der Waals surface area (Å²) in [5, 5.41) is 0. The van der Waals surface area contributed by atoms with Crippen LogP contribution in [0.1, 0.15) is 62.0 Å². The van der Waals surface area contributed by atoms with Gasteiger partial charge in [0.25, 0.3) is 0 Å². The summed E-state index contributed by atoms with van der Waals surface area (Å²) >= 11 is 0. The van der Waals surface area contributed by atoms with Crippen LogP contribution >= 0.6 is 0 Å². The summed E-state index contributed by atoms with van der Waals surface area (Å²) in [7, 11) is 0. The number of ether oxygens (including phenoxy) is 4. The van der Waals surface area contributed by atoms with E-state index in [1.54, 1.807) is 12.1 Å². The van der Waals surface area contributed by atoms with E-state index in [1.165, 1.54) is 0 Å². The maximum atomic E-state index is 12.9. The second-order valence-electron chi connectivity index (χ2n) is 6.69. The smallest absolute Gasteiger partial charge is 0.343 e. The van der Waals surface area contributed by atoms with Gasteiger partial charge in [0.1, 0.15) is 5.75 Å². The first-order chi connectivity index (χ1) is 13.4. The van der Waals surface area contributed by atoms with Gasteiger partial charge in [-0.15, -0.1) is 0 Å². The highest BCUT2D eigenvalue weighted by molar-refractivity contribution is 5.93. The monoisotopic (exact) mass is 386 g/mol. The molecule has 0 aliphatic carbocycles. The van der Waals surface area contributed by atoms with Gasteiger partial charge < -0.3 is 18.9 Å². The topological polar surface area (TPSA) is 54.0 Å². The summed E-state index contributed by atoms with van der Waals surface area (Å²) in [5.41, 5.74) is 2.37. The van der Waals surface area contributed by atoms with E-state index in [0.717, 1.165) is 11.1 Å². The standard InChI is InChI=1S/C23H30O5/c1-7-25-20-13-17(14-21(26-8-2)22(20)27-9-3)23(24)28-19-12-16(6)10-11-18(19)15(4)5/h10-15H,7-9H2,1-6H3. The van der Waals surface area contributed by atoms with Gasteiger partial charge in [0.15, 0.2) is 11.5 Å². The predicted octanol–water partition coefficient (Wildman–Crippen LogP) is 5.53. The Morgan fingerprint density at radius 2 is 1.43 bits per heavy atom. The van der Waals surface area contributed by atoms with Crippen molar-refractivity contribution >= 4 is 5.97 Å². The Labute approximate surface area is 167 Å². The molecule has 0 heterocycles. The molecule has 5 nitrogen and oxygen atoms in total. The molecule has 0 unspecified atom stereocenters. The molecule has 0 N–H and O–H groups in total. The molecule has 0 aromatic heterocycles. The molecule has 2 aromatic rings. The van der Waals surface area contributed by atoms with Crippen LogP contribution in [0.5, 0.6) is 23.0 Å². The molecule has 0 spiro atoms. The molecule has 5 heteroatoms. The van der Waals surface area contributed by atoms with Gasteiger partial charge in [-0.3, -0.25) is 0 Å². The number of rotatable bonds is 9. The number of carbonyl (C=O) groups is 1. The lowest BCUT2D eigenvalue weighted by Crippen LogP contribution is -2.12. The third-order valence-electron chi connectivity index (χ3n) is 4.14. The highest BCUT2D eigenvalue weighted by atomic mass is 16.5. The zero-order valence-corrected chi connectivity index (χ0v) is 17.6. The van der Waals surface area contributed by atoms with E-state index in [2.05, 4.69) is 13.8 Å². The minimum atomic E-state index is -0.461. The summed E-state index contributed by atoms with van der Waals surface area (Å²) in [6, 6.07) is 9.19. The van der Waals surface area contributed by atoms with E-state index in [1.807, 2.05) is 45.9 Å². The zero-order chi connectivity index (χ0) is 20.7. The van der Waals surface area contributed by atoms with E-state index < -0.39 is 5.97 Å². The summed E-state index contributed by atoms with van der Waals surface area (Å²) in [6.07, 6.45) is 0. The van der Waals surface area contributed by atoms with Crippen molar-refractivity contribution in [2.75, 3.05) is 19.8 Å². The number of aryl methyl sites for hydroxylation is 1. The number of carbonyl (C=O) groups excluding carboxylic acids is 1. The van der Waals surface area contributed by atoms with Crippen LogP contribution in [0, 0.1) is 6.92 Å². The summed E-state index contributed by atoms with van der Waals surface area (Å²) < 4.78 is 22.8. The molecule has 0 saturated heterocycles. The van der Waals surface area contributed by atoms with Crippen LogP contribution in [-0.2, 0) is 0 Å². The molecule has 0 saturated carbocycles. The molecule has 28 heavy (non-hydrogen) atoms. The minimum absolute atomic E-state index is 0.238. The molecule has 0 aliphatic rings. The van der Waals surface area contributed by atoms with Crippen LogP contribution in [0.15, 0.2) is 30.3 Å². The van der Waals surface area contributed by atoms with Gasteiger partial charge in [0.05, 0.1) is 25.4 Å². The van der Waals surface area contributed by atoms with E-state index >= 15 is 0 Å². The quantitative estimate of drug-likeness (QED) is 0.419. The lowest BCUT2D eigenvalue weighted by molar-refractivity contribution is 0.0731. The van der Waals surface area contributed by atoms with Crippen LogP contribution in [0.2, 0.25) is 0 Å². The SMILES string of the molecule is CCOc1cc(C(=O)Oc2cc(C)ccc2C(C)C)cc(OCC)c1OCC. The fourth-order valence-electron chi connectivity index (χ4n) is 2.87. The first-order valence-electron chi connectivity index (χ1n) is 9.80. The lowest BCUT2D eigenvalue weighted by Gasteiger charge is -2.17. The molecule has 0 bridgehead atoms. The molecule has 2 aromatic carbocycles. The van der Waals surface area contributed by atoms with Crippen molar-refractivity contribution in [3.05, 3.63) is 47.0 Å². The van der Waals surface area contributed by atoms with Gasteiger partial charge in [0.2, 0.25) is 5.75 Å². The Bertz CT molecular complexity index is 784. The Morgan fingerprint density at radius 3 is 1.93 bits per heavy atom. The highest BCUT2D eigenvalue weighted by Crippen LogP contribution is 2.39. The van der Waals surface area contributed by atoms with Crippen LogP contribution in [0.4, 0.5) is 0 Å². The first-order valence-corrected chi connectivity index (χ1v) is 9.80. The van der Waals surface area contributed by atoms with Crippen molar-refractivity contribution in [1.82, 2.24) is 0 Å².